The number of carbonyl (C=O) groups is 1. The van der Waals surface area contributed by atoms with E-state index in [4.69, 9.17) is 10.5 Å². The number of hydrogen-bond acceptors (Lipinski definition) is 3. The number of hydrogen-bond donors (Lipinski definition) is 1. The van der Waals surface area contributed by atoms with Crippen molar-refractivity contribution in [3.05, 3.63) is 0 Å². The van der Waals surface area contributed by atoms with E-state index < -0.39 is 0 Å². The number of ether oxygens (including phenoxy) is 1. The van der Waals surface area contributed by atoms with Gasteiger partial charge in [0.2, 0.25) is 5.91 Å². The Balaban J connectivity index is 4.20. The zero-order valence-corrected chi connectivity index (χ0v) is 12.6. The molecule has 2 unspecified atom stereocenters. The van der Waals surface area contributed by atoms with Crippen molar-refractivity contribution >= 4 is 5.91 Å². The molecule has 0 aromatic carbocycles. The van der Waals surface area contributed by atoms with Crippen molar-refractivity contribution in [1.82, 2.24) is 4.90 Å². The van der Waals surface area contributed by atoms with E-state index in [1.165, 1.54) is 0 Å². The fourth-order valence-corrected chi connectivity index (χ4v) is 1.97. The first kappa shape index (κ1) is 17.4. The molecule has 0 aromatic rings. The summed E-state index contributed by atoms with van der Waals surface area (Å²) in [5, 5.41) is 0. The molecule has 0 spiro atoms. The van der Waals surface area contributed by atoms with E-state index in [-0.39, 0.29) is 23.9 Å². The van der Waals surface area contributed by atoms with E-state index >= 15 is 0 Å². The van der Waals surface area contributed by atoms with Gasteiger partial charge in [0.15, 0.2) is 0 Å². The van der Waals surface area contributed by atoms with Crippen LogP contribution in [0.25, 0.3) is 0 Å². The van der Waals surface area contributed by atoms with Crippen LogP contribution in [0.5, 0.6) is 0 Å². The summed E-state index contributed by atoms with van der Waals surface area (Å²) in [6.07, 6.45) is 2.91. The van der Waals surface area contributed by atoms with Gasteiger partial charge in [0.05, 0.1) is 6.61 Å². The number of methoxy groups -OCH3 is 1. The Labute approximate surface area is 112 Å². The van der Waals surface area contributed by atoms with Gasteiger partial charge in [-0.1, -0.05) is 13.3 Å². The highest BCUT2D eigenvalue weighted by Gasteiger charge is 2.22. The van der Waals surface area contributed by atoms with E-state index in [0.717, 1.165) is 19.3 Å². The third-order valence-electron chi connectivity index (χ3n) is 3.16. The fourth-order valence-electron chi connectivity index (χ4n) is 1.97. The van der Waals surface area contributed by atoms with Crippen LogP contribution in [0.1, 0.15) is 47.0 Å². The quantitative estimate of drug-likeness (QED) is 0.688. The van der Waals surface area contributed by atoms with E-state index in [1.807, 2.05) is 32.6 Å². The second-order valence-electron chi connectivity index (χ2n) is 5.43. The third kappa shape index (κ3) is 6.97. The number of nitrogens with zero attached hydrogens (tertiary/aromatic N) is 1. The van der Waals surface area contributed by atoms with Crippen molar-refractivity contribution < 1.29 is 9.53 Å². The van der Waals surface area contributed by atoms with Crippen molar-refractivity contribution in [3.8, 4) is 0 Å². The minimum atomic E-state index is 0.0722. The smallest absolute Gasteiger partial charge is 0.225 e. The molecule has 0 aromatic heterocycles. The summed E-state index contributed by atoms with van der Waals surface area (Å²) in [4.78, 5) is 14.2. The largest absolute Gasteiger partial charge is 0.383 e. The number of nitrogens with two attached hydrogens (primary N) is 1. The molecule has 0 saturated heterocycles. The van der Waals surface area contributed by atoms with Gasteiger partial charge in [-0.15, -0.1) is 0 Å². The summed E-state index contributed by atoms with van der Waals surface area (Å²) in [7, 11) is 1.66. The van der Waals surface area contributed by atoms with Gasteiger partial charge in [-0.2, -0.15) is 0 Å². The van der Waals surface area contributed by atoms with Gasteiger partial charge in [-0.05, 0) is 33.6 Å². The summed E-state index contributed by atoms with van der Waals surface area (Å²) < 4.78 is 5.05. The molecule has 0 saturated carbocycles. The predicted molar refractivity (Wildman–Crippen MR) is 75.4 cm³/mol. The van der Waals surface area contributed by atoms with Crippen molar-refractivity contribution in [2.45, 2.75) is 59.0 Å². The molecule has 0 rings (SSSR count). The molecule has 0 fully saturated rings. The Morgan fingerprint density at radius 1 is 1.22 bits per heavy atom. The first-order valence-electron chi connectivity index (χ1n) is 6.95. The van der Waals surface area contributed by atoms with Gasteiger partial charge in [0.25, 0.3) is 0 Å². The number of carbonyl (C=O) groups excluding carboxylic acids is 1. The summed E-state index contributed by atoms with van der Waals surface area (Å²) >= 11 is 0. The molecule has 4 heteroatoms. The standard InChI is InChI=1S/C14H30N2O2/c1-11(2)16(9-10-18-5)14(17)12(3)7-6-8-13(4)15/h11-13H,6-10,15H2,1-5H3. The summed E-state index contributed by atoms with van der Waals surface area (Å²) in [5.74, 6) is 0.301. The van der Waals surface area contributed by atoms with Crippen LogP contribution in [0, 0.1) is 5.92 Å². The Hall–Kier alpha value is -0.610. The molecular formula is C14H30N2O2. The van der Waals surface area contributed by atoms with Crippen LogP contribution in [-0.4, -0.2) is 43.2 Å². The van der Waals surface area contributed by atoms with Gasteiger partial charge in [-0.25, -0.2) is 0 Å². The average molecular weight is 258 g/mol. The summed E-state index contributed by atoms with van der Waals surface area (Å²) in [5.41, 5.74) is 5.72. The third-order valence-corrected chi connectivity index (χ3v) is 3.16. The topological polar surface area (TPSA) is 55.6 Å². The van der Waals surface area contributed by atoms with Crippen LogP contribution in [0.2, 0.25) is 0 Å². The summed E-state index contributed by atoms with van der Waals surface area (Å²) in [6.45, 7) is 9.36. The average Bonchev–Trinajstić information content (AvgIpc) is 2.28. The maximum atomic E-state index is 12.3. The molecule has 2 N–H and O–H groups in total. The van der Waals surface area contributed by atoms with Crippen molar-refractivity contribution in [2.24, 2.45) is 11.7 Å². The van der Waals surface area contributed by atoms with Gasteiger partial charge in [-0.3, -0.25) is 4.79 Å². The monoisotopic (exact) mass is 258 g/mol. The molecule has 18 heavy (non-hydrogen) atoms. The lowest BCUT2D eigenvalue weighted by atomic mass is 10.00. The van der Waals surface area contributed by atoms with Crippen molar-refractivity contribution in [1.29, 1.82) is 0 Å². The van der Waals surface area contributed by atoms with Crippen LogP contribution in [0.15, 0.2) is 0 Å². The van der Waals surface area contributed by atoms with Gasteiger partial charge >= 0.3 is 0 Å². The fraction of sp³-hybridized carbons (Fsp3) is 0.929. The second-order valence-corrected chi connectivity index (χ2v) is 5.43. The zero-order valence-electron chi connectivity index (χ0n) is 12.6. The minimum absolute atomic E-state index is 0.0722. The van der Waals surface area contributed by atoms with E-state index in [9.17, 15) is 4.79 Å². The molecule has 4 nitrogen and oxygen atoms in total. The van der Waals surface area contributed by atoms with E-state index in [2.05, 4.69) is 0 Å². The Kier molecular flexibility index (Phi) is 9.02. The zero-order chi connectivity index (χ0) is 14.1. The number of amides is 1. The maximum Gasteiger partial charge on any atom is 0.225 e. The molecule has 108 valence electrons. The van der Waals surface area contributed by atoms with Gasteiger partial charge in [0.1, 0.15) is 0 Å². The minimum Gasteiger partial charge on any atom is -0.383 e. The highest BCUT2D eigenvalue weighted by Crippen LogP contribution is 2.14. The van der Waals surface area contributed by atoms with Crippen molar-refractivity contribution in [3.63, 3.8) is 0 Å². The molecular weight excluding hydrogens is 228 g/mol. The van der Waals surface area contributed by atoms with Gasteiger partial charge < -0.3 is 15.4 Å². The van der Waals surface area contributed by atoms with Crippen LogP contribution >= 0.6 is 0 Å². The van der Waals surface area contributed by atoms with E-state index in [1.54, 1.807) is 7.11 Å². The van der Waals surface area contributed by atoms with E-state index in [0.29, 0.717) is 13.2 Å². The van der Waals surface area contributed by atoms with Crippen LogP contribution in [-0.2, 0) is 9.53 Å². The summed E-state index contributed by atoms with van der Waals surface area (Å²) in [6, 6.07) is 0.450. The maximum absolute atomic E-state index is 12.3. The molecule has 0 aliphatic carbocycles. The first-order chi connectivity index (χ1) is 8.40. The normalized spacial score (nSPS) is 14.6. The lowest BCUT2D eigenvalue weighted by Gasteiger charge is -2.29. The highest BCUT2D eigenvalue weighted by atomic mass is 16.5. The Morgan fingerprint density at radius 3 is 2.28 bits per heavy atom. The lowest BCUT2D eigenvalue weighted by molar-refractivity contribution is -0.137. The van der Waals surface area contributed by atoms with Crippen molar-refractivity contribution in [2.75, 3.05) is 20.3 Å². The molecule has 0 aliphatic heterocycles. The van der Waals surface area contributed by atoms with Crippen LogP contribution in [0.3, 0.4) is 0 Å². The first-order valence-corrected chi connectivity index (χ1v) is 6.95. The molecule has 0 heterocycles. The molecule has 0 radical (unpaired) electrons. The van der Waals surface area contributed by atoms with Crippen LogP contribution in [0.4, 0.5) is 0 Å². The lowest BCUT2D eigenvalue weighted by Crippen LogP contribution is -2.42. The molecule has 2 atom stereocenters. The van der Waals surface area contributed by atoms with Crippen LogP contribution < -0.4 is 5.73 Å². The molecule has 1 amide bonds. The second kappa shape index (κ2) is 9.34. The SMILES string of the molecule is COCCN(C(=O)C(C)CCCC(C)N)C(C)C. The predicted octanol–water partition coefficient (Wildman–Crippen LogP) is 2.02. The molecule has 0 bridgehead atoms. The molecule has 0 aliphatic rings. The Bertz CT molecular complexity index is 230. The highest BCUT2D eigenvalue weighted by molar-refractivity contribution is 5.78. The Morgan fingerprint density at radius 2 is 1.83 bits per heavy atom. The number of rotatable bonds is 9. The van der Waals surface area contributed by atoms with Gasteiger partial charge in [0, 0.05) is 31.7 Å².